The second-order valence-corrected chi connectivity index (χ2v) is 5.33. The van der Waals surface area contributed by atoms with Gasteiger partial charge in [-0.1, -0.05) is 48.5 Å². The largest absolute Gasteiger partial charge is 0.371 e. The fraction of sp³-hybridized carbons (Fsp3) is 0.294. The average Bonchev–Trinajstić information content (AvgIpc) is 2.35. The van der Waals surface area contributed by atoms with Gasteiger partial charge in [0.2, 0.25) is 0 Å². The molecule has 19 heavy (non-hydrogen) atoms. The quantitative estimate of drug-likeness (QED) is 0.817. The van der Waals surface area contributed by atoms with Gasteiger partial charge in [-0.2, -0.15) is 0 Å². The van der Waals surface area contributed by atoms with Gasteiger partial charge in [0.1, 0.15) is 5.72 Å². The van der Waals surface area contributed by atoms with Gasteiger partial charge in [0, 0.05) is 12.1 Å². The Balaban J connectivity index is 2.17. The average molecular weight is 255 g/mol. The maximum absolute atomic E-state index is 10.6. The number of aliphatic hydroxyl groups is 1. The van der Waals surface area contributed by atoms with Crippen LogP contribution in [-0.4, -0.2) is 10.8 Å². The molecule has 2 heteroatoms. The van der Waals surface area contributed by atoms with Gasteiger partial charge >= 0.3 is 0 Å². The lowest BCUT2D eigenvalue weighted by atomic mass is 10.0. The Hall–Kier alpha value is -1.80. The van der Waals surface area contributed by atoms with Crippen molar-refractivity contribution < 1.29 is 5.11 Å². The lowest BCUT2D eigenvalue weighted by Crippen LogP contribution is -2.37. The first-order chi connectivity index (χ1) is 8.98. The van der Waals surface area contributed by atoms with Crippen LogP contribution in [0.5, 0.6) is 0 Å². The lowest BCUT2D eigenvalue weighted by molar-refractivity contribution is 0.0906. The van der Waals surface area contributed by atoms with Gasteiger partial charge in [0.05, 0.1) is 0 Å². The molecule has 2 rings (SSSR count). The molecule has 0 amide bonds. The van der Waals surface area contributed by atoms with Crippen LogP contribution in [0.15, 0.2) is 48.5 Å². The van der Waals surface area contributed by atoms with Crippen molar-refractivity contribution in [2.24, 2.45) is 0 Å². The van der Waals surface area contributed by atoms with Crippen molar-refractivity contribution in [2.75, 3.05) is 5.32 Å². The Kier molecular flexibility index (Phi) is 3.91. The first-order valence-electron chi connectivity index (χ1n) is 6.59. The Morgan fingerprint density at radius 3 is 2.11 bits per heavy atom. The normalized spacial score (nSPS) is 13.9. The summed E-state index contributed by atoms with van der Waals surface area (Å²) < 4.78 is 0. The van der Waals surface area contributed by atoms with E-state index in [2.05, 4.69) is 5.32 Å². The summed E-state index contributed by atoms with van der Waals surface area (Å²) in [4.78, 5) is 0. The molecule has 0 heterocycles. The second kappa shape index (κ2) is 5.45. The summed E-state index contributed by atoms with van der Waals surface area (Å²) in [6.07, 6.45) is 0.571. The van der Waals surface area contributed by atoms with Crippen molar-refractivity contribution in [1.29, 1.82) is 0 Å². The first-order valence-corrected chi connectivity index (χ1v) is 6.59. The molecule has 100 valence electrons. The third-order valence-electron chi connectivity index (χ3n) is 3.27. The molecule has 0 aliphatic heterocycles. The number of aryl methyl sites for hydroxylation is 2. The van der Waals surface area contributed by atoms with Crippen LogP contribution in [0.4, 0.5) is 5.69 Å². The maximum Gasteiger partial charge on any atom is 0.136 e. The molecule has 0 bridgehead atoms. The van der Waals surface area contributed by atoms with Crippen LogP contribution in [0.1, 0.15) is 23.6 Å². The van der Waals surface area contributed by atoms with Gasteiger partial charge < -0.3 is 10.4 Å². The van der Waals surface area contributed by atoms with Crippen LogP contribution in [0.25, 0.3) is 0 Å². The molecule has 2 nitrogen and oxygen atoms in total. The molecule has 0 aliphatic rings. The van der Waals surface area contributed by atoms with Crippen molar-refractivity contribution in [3.63, 3.8) is 0 Å². The monoisotopic (exact) mass is 255 g/mol. The summed E-state index contributed by atoms with van der Waals surface area (Å²) in [6.45, 7) is 5.91. The summed E-state index contributed by atoms with van der Waals surface area (Å²) in [5.41, 5.74) is 3.47. The molecule has 2 aromatic carbocycles. The fourth-order valence-corrected chi connectivity index (χ4v) is 2.32. The van der Waals surface area contributed by atoms with Crippen molar-refractivity contribution >= 4 is 5.69 Å². The van der Waals surface area contributed by atoms with Crippen molar-refractivity contribution in [1.82, 2.24) is 0 Å². The highest BCUT2D eigenvalue weighted by atomic mass is 16.3. The highest BCUT2D eigenvalue weighted by Crippen LogP contribution is 2.24. The third-order valence-corrected chi connectivity index (χ3v) is 3.27. The van der Waals surface area contributed by atoms with Crippen LogP contribution >= 0.6 is 0 Å². The number of hydrogen-bond donors (Lipinski definition) is 2. The molecule has 1 atom stereocenters. The third kappa shape index (κ3) is 3.58. The van der Waals surface area contributed by atoms with Crippen molar-refractivity contribution in [3.05, 3.63) is 65.2 Å². The maximum atomic E-state index is 10.6. The van der Waals surface area contributed by atoms with E-state index in [-0.39, 0.29) is 0 Å². The molecule has 1 unspecified atom stereocenters. The molecule has 0 spiro atoms. The predicted octanol–water partition coefficient (Wildman–Crippen LogP) is 3.67. The SMILES string of the molecule is Cc1cccc(C)c1NC(C)(O)Cc1ccccc1. The highest BCUT2D eigenvalue weighted by molar-refractivity contribution is 5.57. The minimum atomic E-state index is -0.960. The smallest absolute Gasteiger partial charge is 0.136 e. The van der Waals surface area contributed by atoms with Gasteiger partial charge in [0.15, 0.2) is 0 Å². The molecule has 0 saturated carbocycles. The lowest BCUT2D eigenvalue weighted by Gasteiger charge is -2.28. The summed E-state index contributed by atoms with van der Waals surface area (Å²) >= 11 is 0. The number of anilines is 1. The van der Waals surface area contributed by atoms with E-state index in [4.69, 9.17) is 0 Å². The van der Waals surface area contributed by atoms with Gasteiger partial charge in [-0.15, -0.1) is 0 Å². The molecule has 0 saturated heterocycles. The molecular weight excluding hydrogens is 234 g/mol. The van der Waals surface area contributed by atoms with Gasteiger partial charge in [0.25, 0.3) is 0 Å². The van der Waals surface area contributed by atoms with Crippen LogP contribution in [0, 0.1) is 13.8 Å². The molecule has 0 radical (unpaired) electrons. The number of hydrogen-bond acceptors (Lipinski definition) is 2. The van der Waals surface area contributed by atoms with E-state index in [0.717, 1.165) is 22.4 Å². The van der Waals surface area contributed by atoms with Gasteiger partial charge in [-0.05, 0) is 37.5 Å². The van der Waals surface area contributed by atoms with E-state index in [0.29, 0.717) is 6.42 Å². The van der Waals surface area contributed by atoms with E-state index in [1.54, 1.807) is 0 Å². The number of benzene rings is 2. The summed E-state index contributed by atoms with van der Waals surface area (Å²) in [5, 5.41) is 13.8. The Morgan fingerprint density at radius 2 is 1.53 bits per heavy atom. The Bertz CT molecular complexity index is 526. The zero-order valence-corrected chi connectivity index (χ0v) is 11.8. The highest BCUT2D eigenvalue weighted by Gasteiger charge is 2.21. The van der Waals surface area contributed by atoms with E-state index in [9.17, 15) is 5.11 Å². The summed E-state index contributed by atoms with van der Waals surface area (Å²) in [5.74, 6) is 0. The molecule has 0 aliphatic carbocycles. The molecular formula is C17H21NO. The number of nitrogens with one attached hydrogen (secondary N) is 1. The number of para-hydroxylation sites is 1. The van der Waals surface area contributed by atoms with E-state index < -0.39 is 5.72 Å². The standard InChI is InChI=1S/C17H21NO/c1-13-8-7-9-14(2)16(13)18-17(3,19)12-15-10-5-4-6-11-15/h4-11,18-19H,12H2,1-3H3. The fourth-order valence-electron chi connectivity index (χ4n) is 2.32. The summed E-state index contributed by atoms with van der Waals surface area (Å²) in [7, 11) is 0. The summed E-state index contributed by atoms with van der Waals surface area (Å²) in [6, 6.07) is 16.2. The Labute approximate surface area is 115 Å². The van der Waals surface area contributed by atoms with E-state index >= 15 is 0 Å². The number of rotatable bonds is 4. The molecule has 0 fully saturated rings. The van der Waals surface area contributed by atoms with Crippen molar-refractivity contribution in [3.8, 4) is 0 Å². The molecule has 2 N–H and O–H groups in total. The first kappa shape index (κ1) is 13.6. The zero-order valence-electron chi connectivity index (χ0n) is 11.8. The second-order valence-electron chi connectivity index (χ2n) is 5.33. The van der Waals surface area contributed by atoms with Crippen LogP contribution in [0.2, 0.25) is 0 Å². The zero-order chi connectivity index (χ0) is 13.9. The predicted molar refractivity (Wildman–Crippen MR) is 80.3 cm³/mol. The van der Waals surface area contributed by atoms with Gasteiger partial charge in [-0.3, -0.25) is 0 Å². The van der Waals surface area contributed by atoms with E-state index in [1.807, 2.05) is 69.3 Å². The molecule has 0 aromatic heterocycles. The van der Waals surface area contributed by atoms with Crippen LogP contribution in [-0.2, 0) is 6.42 Å². The van der Waals surface area contributed by atoms with Crippen LogP contribution < -0.4 is 5.32 Å². The van der Waals surface area contributed by atoms with Gasteiger partial charge in [-0.25, -0.2) is 0 Å². The molecule has 2 aromatic rings. The Morgan fingerprint density at radius 1 is 0.947 bits per heavy atom. The van der Waals surface area contributed by atoms with Crippen LogP contribution in [0.3, 0.4) is 0 Å². The topological polar surface area (TPSA) is 32.3 Å². The minimum Gasteiger partial charge on any atom is -0.371 e. The van der Waals surface area contributed by atoms with E-state index in [1.165, 1.54) is 0 Å². The minimum absolute atomic E-state index is 0.571. The van der Waals surface area contributed by atoms with Crippen molar-refractivity contribution in [2.45, 2.75) is 32.9 Å².